The Morgan fingerprint density at radius 2 is 1.71 bits per heavy atom. The van der Waals surface area contributed by atoms with Crippen molar-refractivity contribution in [3.8, 4) is 23.0 Å². The fourth-order valence-electron chi connectivity index (χ4n) is 2.57. The third-order valence-corrected chi connectivity index (χ3v) is 3.59. The van der Waals surface area contributed by atoms with E-state index in [4.69, 9.17) is 4.74 Å². The summed E-state index contributed by atoms with van der Waals surface area (Å²) in [6.45, 7) is 1.64. The highest BCUT2D eigenvalue weighted by atomic mass is 16.5. The first kappa shape index (κ1) is 13.3. The molecule has 3 rings (SSSR count). The molecule has 1 atom stereocenters. The zero-order valence-corrected chi connectivity index (χ0v) is 11.3. The summed E-state index contributed by atoms with van der Waals surface area (Å²) in [5.74, 6) is -0.451. The molecule has 0 saturated heterocycles. The Bertz CT molecular complexity index is 720. The van der Waals surface area contributed by atoms with Crippen molar-refractivity contribution in [2.24, 2.45) is 0 Å². The lowest BCUT2D eigenvalue weighted by Crippen LogP contribution is -2.38. The zero-order chi connectivity index (χ0) is 15.2. The van der Waals surface area contributed by atoms with Crippen LogP contribution in [0.15, 0.2) is 36.4 Å². The Labute approximate surface area is 121 Å². The molecule has 0 fully saturated rings. The minimum atomic E-state index is -1.15. The Morgan fingerprint density at radius 3 is 2.38 bits per heavy atom. The summed E-state index contributed by atoms with van der Waals surface area (Å²) in [5.41, 5.74) is -0.237. The van der Waals surface area contributed by atoms with Crippen LogP contribution >= 0.6 is 0 Å². The third kappa shape index (κ3) is 2.16. The fraction of sp³-hybridized carbons (Fsp3) is 0.188. The molecule has 0 radical (unpaired) electrons. The summed E-state index contributed by atoms with van der Waals surface area (Å²) < 4.78 is 5.67. The lowest BCUT2D eigenvalue weighted by Gasteiger charge is -2.22. The molecule has 5 heteroatoms. The van der Waals surface area contributed by atoms with Crippen LogP contribution in [0, 0.1) is 0 Å². The first-order valence-electron chi connectivity index (χ1n) is 6.47. The molecule has 2 aromatic carbocycles. The highest BCUT2D eigenvalue weighted by Gasteiger charge is 2.45. The molecular formula is C16H14O5. The molecule has 5 nitrogen and oxygen atoms in total. The highest BCUT2D eigenvalue weighted by molar-refractivity contribution is 6.09. The van der Waals surface area contributed by atoms with Gasteiger partial charge in [0.15, 0.2) is 5.60 Å². The Hall–Kier alpha value is -2.69. The molecule has 1 heterocycles. The average Bonchev–Trinajstić information content (AvgIpc) is 2.64. The van der Waals surface area contributed by atoms with Gasteiger partial charge in [0.1, 0.15) is 28.6 Å². The number of Topliss-reactive ketones (excluding diaryl/α,β-unsaturated/α-hetero) is 1. The van der Waals surface area contributed by atoms with Crippen LogP contribution < -0.4 is 4.74 Å². The van der Waals surface area contributed by atoms with Crippen LogP contribution in [0.1, 0.15) is 22.8 Å². The van der Waals surface area contributed by atoms with Gasteiger partial charge in [0.05, 0.1) is 0 Å². The van der Waals surface area contributed by atoms with Gasteiger partial charge < -0.3 is 20.1 Å². The summed E-state index contributed by atoms with van der Waals surface area (Å²) >= 11 is 0. The molecule has 1 aliphatic rings. The molecule has 0 spiro atoms. The third-order valence-electron chi connectivity index (χ3n) is 3.59. The minimum Gasteiger partial charge on any atom is -0.508 e. The maximum atomic E-state index is 12.5. The van der Waals surface area contributed by atoms with Crippen LogP contribution in [0.25, 0.3) is 0 Å². The average molecular weight is 286 g/mol. The minimum absolute atomic E-state index is 0.0917. The van der Waals surface area contributed by atoms with Crippen LogP contribution in [0.4, 0.5) is 0 Å². The monoisotopic (exact) mass is 286 g/mol. The van der Waals surface area contributed by atoms with Crippen molar-refractivity contribution in [2.75, 3.05) is 0 Å². The second-order valence-electron chi connectivity index (χ2n) is 5.34. The van der Waals surface area contributed by atoms with Gasteiger partial charge >= 0.3 is 0 Å². The number of carbonyl (C=O) groups is 1. The van der Waals surface area contributed by atoms with E-state index in [9.17, 15) is 20.1 Å². The van der Waals surface area contributed by atoms with Crippen molar-refractivity contribution < 1.29 is 24.9 Å². The van der Waals surface area contributed by atoms with E-state index in [1.165, 1.54) is 18.2 Å². The van der Waals surface area contributed by atoms with E-state index in [-0.39, 0.29) is 34.3 Å². The van der Waals surface area contributed by atoms with Gasteiger partial charge in [-0.2, -0.15) is 0 Å². The molecule has 0 bridgehead atoms. The predicted molar refractivity (Wildman–Crippen MR) is 74.9 cm³/mol. The Kier molecular flexibility index (Phi) is 2.79. The Morgan fingerprint density at radius 1 is 1.05 bits per heavy atom. The SMILES string of the molecule is CC1(Cc2ccc(O)cc2)Oc2cc(O)cc(O)c2C1=O. The van der Waals surface area contributed by atoms with Crippen LogP contribution in [0.3, 0.4) is 0 Å². The number of carbonyl (C=O) groups excluding carboxylic acids is 1. The number of phenolic OH excluding ortho intramolecular Hbond substituents is 3. The first-order valence-corrected chi connectivity index (χ1v) is 6.47. The van der Waals surface area contributed by atoms with Crippen LogP contribution in [-0.4, -0.2) is 26.7 Å². The summed E-state index contributed by atoms with van der Waals surface area (Å²) in [5, 5.41) is 28.6. The van der Waals surface area contributed by atoms with Gasteiger partial charge in [0.25, 0.3) is 0 Å². The normalized spacial score (nSPS) is 20.1. The van der Waals surface area contributed by atoms with E-state index in [1.807, 2.05) is 0 Å². The standard InChI is InChI=1S/C16H14O5/c1-16(8-9-2-4-10(17)5-3-9)15(20)14-12(19)6-11(18)7-13(14)21-16/h2-7,17-19H,8H2,1H3. The van der Waals surface area contributed by atoms with E-state index in [1.54, 1.807) is 19.1 Å². The van der Waals surface area contributed by atoms with Gasteiger partial charge in [-0.25, -0.2) is 0 Å². The van der Waals surface area contributed by atoms with Gasteiger partial charge in [0, 0.05) is 18.6 Å². The van der Waals surface area contributed by atoms with Crippen molar-refractivity contribution in [3.63, 3.8) is 0 Å². The highest BCUT2D eigenvalue weighted by Crippen LogP contribution is 2.43. The number of benzene rings is 2. The van der Waals surface area contributed by atoms with Gasteiger partial charge in [-0.15, -0.1) is 0 Å². The molecule has 1 unspecified atom stereocenters. The summed E-state index contributed by atoms with van der Waals surface area (Å²) in [6, 6.07) is 8.92. The fourth-order valence-corrected chi connectivity index (χ4v) is 2.57. The van der Waals surface area contributed by atoms with E-state index < -0.39 is 5.60 Å². The van der Waals surface area contributed by atoms with Crippen molar-refractivity contribution in [1.82, 2.24) is 0 Å². The van der Waals surface area contributed by atoms with Crippen molar-refractivity contribution in [2.45, 2.75) is 18.9 Å². The predicted octanol–water partition coefficient (Wildman–Crippen LogP) is 2.38. The van der Waals surface area contributed by atoms with E-state index >= 15 is 0 Å². The number of ether oxygens (including phenoxy) is 1. The van der Waals surface area contributed by atoms with E-state index in [2.05, 4.69) is 0 Å². The summed E-state index contributed by atoms with van der Waals surface area (Å²) in [4.78, 5) is 12.5. The number of hydrogen-bond acceptors (Lipinski definition) is 5. The number of fused-ring (bicyclic) bond motifs is 1. The maximum Gasteiger partial charge on any atom is 0.213 e. The molecule has 0 saturated carbocycles. The molecule has 21 heavy (non-hydrogen) atoms. The lowest BCUT2D eigenvalue weighted by molar-refractivity contribution is 0.0626. The van der Waals surface area contributed by atoms with Crippen LogP contribution in [0.5, 0.6) is 23.0 Å². The quantitative estimate of drug-likeness (QED) is 0.789. The molecule has 0 aromatic heterocycles. The lowest BCUT2D eigenvalue weighted by atomic mass is 9.90. The van der Waals surface area contributed by atoms with Crippen molar-refractivity contribution >= 4 is 5.78 Å². The van der Waals surface area contributed by atoms with E-state index in [0.717, 1.165) is 11.6 Å². The molecule has 0 aliphatic carbocycles. The number of ketones is 1. The first-order chi connectivity index (χ1) is 9.89. The second-order valence-corrected chi connectivity index (χ2v) is 5.34. The molecule has 2 aromatic rings. The van der Waals surface area contributed by atoms with Crippen LogP contribution in [-0.2, 0) is 6.42 Å². The number of phenols is 3. The number of hydrogen-bond donors (Lipinski definition) is 3. The van der Waals surface area contributed by atoms with Crippen molar-refractivity contribution in [1.29, 1.82) is 0 Å². The largest absolute Gasteiger partial charge is 0.508 e. The molecular weight excluding hydrogens is 272 g/mol. The van der Waals surface area contributed by atoms with Gasteiger partial charge in [-0.05, 0) is 24.6 Å². The smallest absolute Gasteiger partial charge is 0.213 e. The molecule has 1 aliphatic heterocycles. The second kappa shape index (κ2) is 4.41. The van der Waals surface area contributed by atoms with Gasteiger partial charge in [0.2, 0.25) is 5.78 Å². The van der Waals surface area contributed by atoms with E-state index in [0.29, 0.717) is 6.42 Å². The molecule has 0 amide bonds. The number of aromatic hydroxyl groups is 3. The van der Waals surface area contributed by atoms with Crippen molar-refractivity contribution in [3.05, 3.63) is 47.5 Å². The topological polar surface area (TPSA) is 87.0 Å². The summed E-state index contributed by atoms with van der Waals surface area (Å²) in [7, 11) is 0. The van der Waals surface area contributed by atoms with Crippen LogP contribution in [0.2, 0.25) is 0 Å². The molecule has 3 N–H and O–H groups in total. The zero-order valence-electron chi connectivity index (χ0n) is 11.3. The Balaban J connectivity index is 1.95. The van der Waals surface area contributed by atoms with Gasteiger partial charge in [-0.1, -0.05) is 12.1 Å². The van der Waals surface area contributed by atoms with Gasteiger partial charge in [-0.3, -0.25) is 4.79 Å². The maximum absolute atomic E-state index is 12.5. The summed E-state index contributed by atoms with van der Waals surface area (Å²) in [6.07, 6.45) is 0.293. The number of rotatable bonds is 2. The molecule has 108 valence electrons.